The van der Waals surface area contributed by atoms with Crippen molar-refractivity contribution in [3.63, 3.8) is 0 Å². The summed E-state index contributed by atoms with van der Waals surface area (Å²) >= 11 is 0. The van der Waals surface area contributed by atoms with Crippen molar-refractivity contribution in [1.29, 1.82) is 0 Å². The highest BCUT2D eigenvalue weighted by atomic mass is 79.9. The van der Waals surface area contributed by atoms with Crippen molar-refractivity contribution < 1.29 is 0 Å². The van der Waals surface area contributed by atoms with Gasteiger partial charge in [-0.3, -0.25) is 0 Å². The van der Waals surface area contributed by atoms with Crippen LogP contribution in [0.4, 0.5) is 0 Å². The van der Waals surface area contributed by atoms with Gasteiger partial charge < -0.3 is 0 Å². The monoisotopic (exact) mass is 410 g/mol. The molecule has 0 amide bonds. The molecule has 0 bridgehead atoms. The highest BCUT2D eigenvalue weighted by Crippen LogP contribution is 2.51. The number of hydrogen-bond acceptors (Lipinski definition) is 0. The lowest BCUT2D eigenvalue weighted by molar-refractivity contribution is 0.0294. The minimum Gasteiger partial charge on any atom is -0.114 e. The molecule has 122 valence electrons. The topological polar surface area (TPSA) is 0 Å². The largest absolute Gasteiger partial charge is 0.114 e. The molecular formula is C18H36Br2. The molecule has 2 heteroatoms. The highest BCUT2D eigenvalue weighted by Gasteiger charge is 2.40. The molecule has 2 aliphatic carbocycles. The second-order valence-electron chi connectivity index (χ2n) is 7.28. The second kappa shape index (κ2) is 10.6. The van der Waals surface area contributed by atoms with Gasteiger partial charge in [0.15, 0.2) is 0 Å². The predicted octanol–water partition coefficient (Wildman–Crippen LogP) is 7.50. The average Bonchev–Trinajstić information content (AvgIpc) is 2.46. The van der Waals surface area contributed by atoms with Crippen LogP contribution in [0.1, 0.15) is 97.3 Å². The van der Waals surface area contributed by atoms with Crippen LogP contribution in [0.2, 0.25) is 0 Å². The van der Waals surface area contributed by atoms with E-state index < -0.39 is 0 Å². The van der Waals surface area contributed by atoms with Crippen LogP contribution >= 0.6 is 34.0 Å². The minimum atomic E-state index is 0. The maximum absolute atomic E-state index is 2.68. The Balaban J connectivity index is 0.00000180. The molecular weight excluding hydrogens is 376 g/mol. The van der Waals surface area contributed by atoms with Crippen LogP contribution in [-0.4, -0.2) is 0 Å². The first-order chi connectivity index (χ1) is 8.77. The van der Waals surface area contributed by atoms with E-state index in [0.717, 1.165) is 11.8 Å². The SMILES string of the molecule is Br.Br.CCCCC(C)(C1CCCCC1)C1CCCCC1. The van der Waals surface area contributed by atoms with E-state index in [-0.39, 0.29) is 34.0 Å². The Morgan fingerprint density at radius 2 is 1.15 bits per heavy atom. The summed E-state index contributed by atoms with van der Waals surface area (Å²) in [6.07, 6.45) is 19.6. The standard InChI is InChI=1S/C18H34.2BrH/c1-3-4-15-18(2,16-11-7-5-8-12-16)17-13-9-6-10-14-17;;/h16-17H,3-15H2,1-2H3;2*1H. The van der Waals surface area contributed by atoms with E-state index in [1.165, 1.54) is 83.5 Å². The van der Waals surface area contributed by atoms with E-state index in [1.807, 2.05) is 0 Å². The Bertz CT molecular complexity index is 210. The van der Waals surface area contributed by atoms with E-state index >= 15 is 0 Å². The van der Waals surface area contributed by atoms with Crippen LogP contribution in [0.25, 0.3) is 0 Å². The molecule has 0 aromatic heterocycles. The molecule has 2 aliphatic rings. The van der Waals surface area contributed by atoms with Crippen molar-refractivity contribution in [2.24, 2.45) is 17.3 Å². The van der Waals surface area contributed by atoms with Gasteiger partial charge in [0.25, 0.3) is 0 Å². The Kier molecular flexibility index (Phi) is 11.2. The van der Waals surface area contributed by atoms with E-state index in [0.29, 0.717) is 5.41 Å². The lowest BCUT2D eigenvalue weighted by Crippen LogP contribution is -2.37. The molecule has 0 aliphatic heterocycles. The van der Waals surface area contributed by atoms with E-state index in [4.69, 9.17) is 0 Å². The summed E-state index contributed by atoms with van der Waals surface area (Å²) in [5, 5.41) is 0. The van der Waals surface area contributed by atoms with Crippen molar-refractivity contribution in [1.82, 2.24) is 0 Å². The Morgan fingerprint density at radius 3 is 1.50 bits per heavy atom. The Hall–Kier alpha value is 0.960. The van der Waals surface area contributed by atoms with Gasteiger partial charge >= 0.3 is 0 Å². The third kappa shape index (κ3) is 5.30. The molecule has 0 atom stereocenters. The Morgan fingerprint density at radius 1 is 0.750 bits per heavy atom. The van der Waals surface area contributed by atoms with Crippen LogP contribution in [0.3, 0.4) is 0 Å². The maximum atomic E-state index is 2.68. The van der Waals surface area contributed by atoms with Gasteiger partial charge in [-0.2, -0.15) is 0 Å². The molecule has 0 heterocycles. The van der Waals surface area contributed by atoms with Crippen LogP contribution in [-0.2, 0) is 0 Å². The third-order valence-corrected chi connectivity index (χ3v) is 6.14. The first-order valence-electron chi connectivity index (χ1n) is 8.77. The number of halogens is 2. The first kappa shape index (κ1) is 21.0. The van der Waals surface area contributed by atoms with Crippen molar-refractivity contribution in [2.45, 2.75) is 97.3 Å². The number of unbranched alkanes of at least 4 members (excludes halogenated alkanes) is 1. The van der Waals surface area contributed by atoms with E-state index in [9.17, 15) is 0 Å². The first-order valence-corrected chi connectivity index (χ1v) is 8.77. The van der Waals surface area contributed by atoms with Crippen molar-refractivity contribution in [2.75, 3.05) is 0 Å². The van der Waals surface area contributed by atoms with Gasteiger partial charge in [0.05, 0.1) is 0 Å². The molecule has 0 aromatic rings. The summed E-state index contributed by atoms with van der Waals surface area (Å²) in [6.45, 7) is 5.04. The van der Waals surface area contributed by atoms with Gasteiger partial charge in [0.1, 0.15) is 0 Å². The summed E-state index contributed by atoms with van der Waals surface area (Å²) in [5.41, 5.74) is 0.691. The smallest absolute Gasteiger partial charge is 0.0269 e. The molecule has 0 spiro atoms. The van der Waals surface area contributed by atoms with Crippen LogP contribution in [0, 0.1) is 17.3 Å². The predicted molar refractivity (Wildman–Crippen MR) is 101 cm³/mol. The molecule has 0 unspecified atom stereocenters. The number of hydrogen-bond donors (Lipinski definition) is 0. The van der Waals surface area contributed by atoms with Gasteiger partial charge in [-0.05, 0) is 49.4 Å². The Labute approximate surface area is 148 Å². The quantitative estimate of drug-likeness (QED) is 0.439. The molecule has 0 saturated heterocycles. The van der Waals surface area contributed by atoms with Crippen molar-refractivity contribution in [3.05, 3.63) is 0 Å². The van der Waals surface area contributed by atoms with E-state index in [2.05, 4.69) is 13.8 Å². The summed E-state index contributed by atoms with van der Waals surface area (Å²) in [7, 11) is 0. The zero-order chi connectivity index (χ0) is 12.8. The zero-order valence-electron chi connectivity index (χ0n) is 13.7. The van der Waals surface area contributed by atoms with Crippen molar-refractivity contribution >= 4 is 34.0 Å². The fourth-order valence-electron chi connectivity index (χ4n) is 4.82. The molecule has 0 nitrogen and oxygen atoms in total. The van der Waals surface area contributed by atoms with E-state index in [1.54, 1.807) is 0 Å². The van der Waals surface area contributed by atoms with Crippen LogP contribution < -0.4 is 0 Å². The van der Waals surface area contributed by atoms with Crippen LogP contribution in [0.5, 0.6) is 0 Å². The maximum Gasteiger partial charge on any atom is -0.0269 e. The molecule has 2 saturated carbocycles. The van der Waals surface area contributed by atoms with Crippen molar-refractivity contribution in [3.8, 4) is 0 Å². The second-order valence-corrected chi connectivity index (χ2v) is 7.28. The molecule has 0 aromatic carbocycles. The van der Waals surface area contributed by atoms with Gasteiger partial charge in [-0.15, -0.1) is 34.0 Å². The minimum absolute atomic E-state index is 0. The van der Waals surface area contributed by atoms with Gasteiger partial charge in [0, 0.05) is 0 Å². The summed E-state index contributed by atoms with van der Waals surface area (Å²) in [5.74, 6) is 2.11. The lowest BCUT2D eigenvalue weighted by Gasteiger charge is -2.47. The van der Waals surface area contributed by atoms with Crippen LogP contribution in [0.15, 0.2) is 0 Å². The zero-order valence-corrected chi connectivity index (χ0v) is 17.1. The molecule has 2 rings (SSSR count). The molecule has 20 heavy (non-hydrogen) atoms. The third-order valence-electron chi connectivity index (χ3n) is 6.14. The van der Waals surface area contributed by atoms with Gasteiger partial charge in [0.2, 0.25) is 0 Å². The molecule has 2 fully saturated rings. The summed E-state index contributed by atoms with van der Waals surface area (Å²) in [6, 6.07) is 0. The van der Waals surface area contributed by atoms with Gasteiger partial charge in [-0.1, -0.05) is 65.2 Å². The highest BCUT2D eigenvalue weighted by molar-refractivity contribution is 8.93. The average molecular weight is 412 g/mol. The fraction of sp³-hybridized carbons (Fsp3) is 1.00. The van der Waals surface area contributed by atoms with Gasteiger partial charge in [-0.25, -0.2) is 0 Å². The summed E-state index contributed by atoms with van der Waals surface area (Å²) in [4.78, 5) is 0. The molecule has 0 radical (unpaired) electrons. The summed E-state index contributed by atoms with van der Waals surface area (Å²) < 4.78 is 0. The molecule has 0 N–H and O–H groups in total. The number of rotatable bonds is 5. The fourth-order valence-corrected chi connectivity index (χ4v) is 4.82. The lowest BCUT2D eigenvalue weighted by atomic mass is 9.58. The normalized spacial score (nSPS) is 21.9.